The molecule has 4 N–H and O–H groups in total. The lowest BCUT2D eigenvalue weighted by Crippen LogP contribution is -2.29. The van der Waals surface area contributed by atoms with Crippen molar-refractivity contribution in [2.45, 2.75) is 19.0 Å². The molecule has 4 rings (SSSR count). The number of likely N-dealkylation sites (N-methyl/N-ethyl adjacent to an activating group) is 1. The molecule has 1 aliphatic rings. The average Bonchev–Trinajstić information content (AvgIpc) is 3.02. The number of hydrogen-bond acceptors (Lipinski definition) is 5. The number of benzene rings is 3. The predicted molar refractivity (Wildman–Crippen MR) is 130 cm³/mol. The normalized spacial score (nSPS) is 14.2. The number of anilines is 1. The molecule has 0 fully saturated rings. The van der Waals surface area contributed by atoms with E-state index in [1.165, 1.54) is 0 Å². The highest BCUT2D eigenvalue weighted by Gasteiger charge is 2.27. The van der Waals surface area contributed by atoms with E-state index in [2.05, 4.69) is 18.2 Å². The zero-order valence-corrected chi connectivity index (χ0v) is 18.5. The lowest BCUT2D eigenvalue weighted by Gasteiger charge is -2.24. The molecule has 164 valence electrons. The van der Waals surface area contributed by atoms with Gasteiger partial charge in [0, 0.05) is 29.8 Å². The predicted octanol–water partition coefficient (Wildman–Crippen LogP) is 4.43. The molecule has 5 nitrogen and oxygen atoms in total. The summed E-state index contributed by atoms with van der Waals surface area (Å²) in [4.78, 5) is 15.5. The maximum Gasteiger partial charge on any atom is 0.180 e. The Morgan fingerprint density at radius 3 is 2.34 bits per heavy atom. The molecule has 1 atom stereocenters. The fourth-order valence-corrected chi connectivity index (χ4v) is 4.07. The number of hydrogen-bond donors (Lipinski definition) is 2. The van der Waals surface area contributed by atoms with Crippen LogP contribution in [0, 0.1) is 0 Å². The Morgan fingerprint density at radius 2 is 1.69 bits per heavy atom. The quantitative estimate of drug-likeness (QED) is 0.569. The molecule has 0 radical (unpaired) electrons. The first-order valence-electron chi connectivity index (χ1n) is 10.8. The fraction of sp³-hybridized carbons (Fsp3) is 0.222. The van der Waals surface area contributed by atoms with E-state index in [4.69, 9.17) is 16.2 Å². The van der Waals surface area contributed by atoms with E-state index in [-0.39, 0.29) is 11.8 Å². The molecule has 32 heavy (non-hydrogen) atoms. The molecule has 1 heterocycles. The second-order valence-electron chi connectivity index (χ2n) is 8.32. The van der Waals surface area contributed by atoms with Crippen LogP contribution in [0.3, 0.4) is 0 Å². The van der Waals surface area contributed by atoms with E-state index < -0.39 is 0 Å². The number of fused-ring (bicyclic) bond motifs is 1. The summed E-state index contributed by atoms with van der Waals surface area (Å²) >= 11 is 0. The molecule has 0 spiro atoms. The highest BCUT2D eigenvalue weighted by molar-refractivity contribution is 6.04. The second-order valence-corrected chi connectivity index (χ2v) is 8.32. The minimum Gasteiger partial charge on any atom is -0.493 e. The summed E-state index contributed by atoms with van der Waals surface area (Å²) in [6, 6.07) is 21.5. The van der Waals surface area contributed by atoms with Crippen molar-refractivity contribution in [2.24, 2.45) is 5.73 Å². The lowest BCUT2D eigenvalue weighted by atomic mass is 9.93. The number of rotatable bonds is 6. The maximum absolute atomic E-state index is 13.6. The Bertz CT molecular complexity index is 1130. The van der Waals surface area contributed by atoms with Crippen LogP contribution in [-0.2, 0) is 11.3 Å². The molecule has 0 bridgehead atoms. The number of nitrogen functional groups attached to an aromatic ring is 1. The van der Waals surface area contributed by atoms with Gasteiger partial charge in [0.1, 0.15) is 5.75 Å². The summed E-state index contributed by atoms with van der Waals surface area (Å²) in [5.41, 5.74) is 18.1. The Balaban J connectivity index is 1.69. The van der Waals surface area contributed by atoms with Gasteiger partial charge in [-0.3, -0.25) is 9.69 Å². The minimum absolute atomic E-state index is 0.0777. The molecule has 0 saturated carbocycles. The van der Waals surface area contributed by atoms with Crippen molar-refractivity contribution < 1.29 is 9.53 Å². The first kappa shape index (κ1) is 21.8. The van der Waals surface area contributed by atoms with E-state index in [1.54, 1.807) is 0 Å². The highest BCUT2D eigenvalue weighted by Crippen LogP contribution is 2.33. The van der Waals surface area contributed by atoms with Gasteiger partial charge in [0.05, 0.1) is 12.6 Å². The van der Waals surface area contributed by atoms with Gasteiger partial charge in [0.2, 0.25) is 0 Å². The van der Waals surface area contributed by atoms with Gasteiger partial charge in [0.15, 0.2) is 5.78 Å². The molecular weight excluding hydrogens is 398 g/mol. The molecule has 0 amide bonds. The number of ketones is 1. The number of nitrogens with zero attached hydrogens (tertiary/aromatic N) is 1. The van der Waals surface area contributed by atoms with Crippen LogP contribution in [0.2, 0.25) is 0 Å². The topological polar surface area (TPSA) is 81.6 Å². The van der Waals surface area contributed by atoms with Gasteiger partial charge in [0.25, 0.3) is 0 Å². The third-order valence-corrected chi connectivity index (χ3v) is 5.82. The van der Waals surface area contributed by atoms with Gasteiger partial charge in [-0.25, -0.2) is 0 Å². The van der Waals surface area contributed by atoms with Gasteiger partial charge < -0.3 is 16.2 Å². The molecule has 1 aliphatic heterocycles. The summed E-state index contributed by atoms with van der Waals surface area (Å²) in [5, 5.41) is 0. The lowest BCUT2D eigenvalue weighted by molar-refractivity contribution is -0.120. The van der Waals surface area contributed by atoms with Crippen LogP contribution < -0.4 is 16.2 Å². The molecule has 0 saturated heterocycles. The van der Waals surface area contributed by atoms with Crippen LogP contribution >= 0.6 is 0 Å². The Kier molecular flexibility index (Phi) is 6.40. The van der Waals surface area contributed by atoms with Crippen LogP contribution in [0.25, 0.3) is 17.2 Å². The van der Waals surface area contributed by atoms with Crippen LogP contribution in [0.1, 0.15) is 29.2 Å². The Hall–Kier alpha value is -3.41. The number of carbonyl (C=O) groups excluding carboxylic acids is 1. The van der Waals surface area contributed by atoms with E-state index in [0.29, 0.717) is 25.3 Å². The largest absolute Gasteiger partial charge is 0.493 e. The SMILES string of the molecule is CN(C)C(C(=O)C1=Cc2cc(-c3ccc(CN)cc3)ccc2OCC1)c1ccc(N)cc1. The zero-order chi connectivity index (χ0) is 22.7. The van der Waals surface area contributed by atoms with Gasteiger partial charge in [-0.05, 0) is 66.7 Å². The zero-order valence-electron chi connectivity index (χ0n) is 18.5. The first-order chi connectivity index (χ1) is 15.5. The van der Waals surface area contributed by atoms with Crippen molar-refractivity contribution in [3.05, 3.63) is 89.0 Å². The molecule has 0 aliphatic carbocycles. The van der Waals surface area contributed by atoms with Crippen molar-refractivity contribution in [1.29, 1.82) is 0 Å². The van der Waals surface area contributed by atoms with Crippen molar-refractivity contribution in [2.75, 3.05) is 26.4 Å². The van der Waals surface area contributed by atoms with Crippen molar-refractivity contribution in [3.63, 3.8) is 0 Å². The molecule has 0 aromatic heterocycles. The van der Waals surface area contributed by atoms with Gasteiger partial charge in [-0.15, -0.1) is 0 Å². The maximum atomic E-state index is 13.6. The number of nitrogens with two attached hydrogens (primary N) is 2. The molecule has 5 heteroatoms. The summed E-state index contributed by atoms with van der Waals surface area (Å²) < 4.78 is 5.97. The average molecular weight is 428 g/mol. The van der Waals surface area contributed by atoms with Crippen LogP contribution in [-0.4, -0.2) is 31.4 Å². The van der Waals surface area contributed by atoms with E-state index in [9.17, 15) is 4.79 Å². The molecule has 3 aromatic carbocycles. The van der Waals surface area contributed by atoms with Crippen molar-refractivity contribution in [1.82, 2.24) is 4.90 Å². The van der Waals surface area contributed by atoms with Gasteiger partial charge in [-0.1, -0.05) is 42.5 Å². The van der Waals surface area contributed by atoms with E-state index >= 15 is 0 Å². The molecule has 1 unspecified atom stereocenters. The number of carbonyl (C=O) groups is 1. The Morgan fingerprint density at radius 1 is 1.00 bits per heavy atom. The Labute approximate surface area is 189 Å². The molecular formula is C27H29N3O2. The van der Waals surface area contributed by atoms with E-state index in [1.807, 2.05) is 73.6 Å². The van der Waals surface area contributed by atoms with E-state index in [0.717, 1.165) is 39.1 Å². The summed E-state index contributed by atoms with van der Waals surface area (Å²) in [6.07, 6.45) is 2.55. The number of Topliss-reactive ketones (excluding diaryl/α,β-unsaturated/α-hetero) is 1. The van der Waals surface area contributed by atoms with Crippen LogP contribution in [0.5, 0.6) is 5.75 Å². The summed E-state index contributed by atoms with van der Waals surface area (Å²) in [5.74, 6) is 0.873. The smallest absolute Gasteiger partial charge is 0.180 e. The standard InChI is InChI=1S/C27H29N3O2/c1-30(2)26(20-7-10-24(29)11-8-20)27(31)22-13-14-32-25-12-9-21(15-23(25)16-22)19-5-3-18(17-28)4-6-19/h3-12,15-16,26H,13-14,17,28-29H2,1-2H3. The summed E-state index contributed by atoms with van der Waals surface area (Å²) in [6.45, 7) is 0.991. The second kappa shape index (κ2) is 9.39. The van der Waals surface area contributed by atoms with Crippen molar-refractivity contribution in [3.8, 4) is 16.9 Å². The van der Waals surface area contributed by atoms with Gasteiger partial charge in [-0.2, -0.15) is 0 Å². The van der Waals surface area contributed by atoms with Gasteiger partial charge >= 0.3 is 0 Å². The van der Waals surface area contributed by atoms with Crippen LogP contribution in [0.15, 0.2) is 72.3 Å². The van der Waals surface area contributed by atoms with Crippen molar-refractivity contribution >= 4 is 17.5 Å². The third kappa shape index (κ3) is 4.59. The number of ether oxygens (including phenoxy) is 1. The summed E-state index contributed by atoms with van der Waals surface area (Å²) in [7, 11) is 3.84. The highest BCUT2D eigenvalue weighted by atomic mass is 16.5. The fourth-order valence-electron chi connectivity index (χ4n) is 4.07. The monoisotopic (exact) mass is 427 g/mol. The first-order valence-corrected chi connectivity index (χ1v) is 10.8. The minimum atomic E-state index is -0.379. The molecule has 3 aromatic rings. The van der Waals surface area contributed by atoms with Crippen LogP contribution in [0.4, 0.5) is 5.69 Å². The third-order valence-electron chi connectivity index (χ3n) is 5.82.